The first kappa shape index (κ1) is 30.9. The summed E-state index contributed by atoms with van der Waals surface area (Å²) < 4.78 is 0. The van der Waals surface area contributed by atoms with Crippen LogP contribution in [0.15, 0.2) is 54.8 Å². The quantitative estimate of drug-likeness (QED) is 0.112. The van der Waals surface area contributed by atoms with E-state index in [-0.39, 0.29) is 0 Å². The Morgan fingerprint density at radius 2 is 1.47 bits per heavy atom. The Kier molecular flexibility index (Phi) is 24.8. The molecule has 0 aliphatic carbocycles. The molecule has 0 aromatic rings. The van der Waals surface area contributed by atoms with Crippen LogP contribution < -0.4 is 0 Å². The first-order valence-electron chi connectivity index (χ1n) is 12.8. The third kappa shape index (κ3) is 20.0. The molecule has 0 aromatic carbocycles. The second kappa shape index (κ2) is 24.0. The van der Waals surface area contributed by atoms with E-state index in [2.05, 4.69) is 64.5 Å². The molecule has 0 rings (SSSR count). The molecular weight excluding hydrogens is 360 g/mol. The maximum Gasteiger partial charge on any atom is -0.0136 e. The highest BCUT2D eigenvalue weighted by atomic mass is 14.2. The fourth-order valence-electron chi connectivity index (χ4n) is 3.79. The lowest BCUT2D eigenvalue weighted by Crippen LogP contribution is -2.11. The topological polar surface area (TPSA) is 0 Å². The monoisotopic (exact) mass is 414 g/mol. The summed E-state index contributed by atoms with van der Waals surface area (Å²) in [5.74, 6) is 1.17. The van der Waals surface area contributed by atoms with Crippen molar-refractivity contribution in [3.05, 3.63) is 54.8 Å². The van der Waals surface area contributed by atoms with Crippen molar-refractivity contribution < 1.29 is 0 Å². The molecule has 0 N–H and O–H groups in total. The van der Waals surface area contributed by atoms with Crippen LogP contribution in [0.25, 0.3) is 0 Å². The van der Waals surface area contributed by atoms with Crippen molar-refractivity contribution in [2.24, 2.45) is 11.8 Å². The standard InChI is InChI=1S/C28H48.C2H6/c1-7-10-11-12-16-19-22-28(27(9-3)24-25(4)5)23-20-17-14-13-15-18-21-26(6)8-2;1-2/h9,20,23,27-28H,2-4,7,10-19,21-22,24H2,1,5-6H3;1-2H3/b23-20+;. The number of allylic oxidation sites excluding steroid dienone is 5. The molecule has 2 atom stereocenters. The van der Waals surface area contributed by atoms with Gasteiger partial charge >= 0.3 is 0 Å². The van der Waals surface area contributed by atoms with Gasteiger partial charge in [-0.3, -0.25) is 0 Å². The summed E-state index contributed by atoms with van der Waals surface area (Å²) in [4.78, 5) is 0. The number of hydrogen-bond acceptors (Lipinski definition) is 0. The van der Waals surface area contributed by atoms with Crippen molar-refractivity contribution >= 4 is 0 Å². The van der Waals surface area contributed by atoms with Crippen LogP contribution in [0, 0.1) is 11.8 Å². The lowest BCUT2D eigenvalue weighted by atomic mass is 9.83. The van der Waals surface area contributed by atoms with Gasteiger partial charge in [0.15, 0.2) is 0 Å². The summed E-state index contributed by atoms with van der Waals surface area (Å²) in [6.45, 7) is 22.5. The van der Waals surface area contributed by atoms with Gasteiger partial charge in [0.2, 0.25) is 0 Å². The van der Waals surface area contributed by atoms with E-state index < -0.39 is 0 Å². The first-order valence-corrected chi connectivity index (χ1v) is 12.8. The third-order valence-electron chi connectivity index (χ3n) is 5.69. The largest absolute Gasteiger partial charge is 0.130 e. The molecule has 0 aliphatic rings. The SMILES string of the molecule is C=C=C(C)CCCCCC/C=C/C(CCCCCCCC)C(C=C)CC(=C)C.CC. The van der Waals surface area contributed by atoms with Crippen LogP contribution in [0.5, 0.6) is 0 Å². The van der Waals surface area contributed by atoms with Gasteiger partial charge in [0.1, 0.15) is 0 Å². The second-order valence-corrected chi connectivity index (χ2v) is 8.62. The Morgan fingerprint density at radius 3 is 2.07 bits per heavy atom. The minimum atomic E-state index is 0.540. The molecule has 0 heteroatoms. The van der Waals surface area contributed by atoms with Crippen molar-refractivity contribution in [3.8, 4) is 0 Å². The maximum atomic E-state index is 4.13. The van der Waals surface area contributed by atoms with Crippen LogP contribution in [0.2, 0.25) is 0 Å². The van der Waals surface area contributed by atoms with Crippen LogP contribution in [-0.4, -0.2) is 0 Å². The summed E-state index contributed by atoms with van der Waals surface area (Å²) in [5, 5.41) is 0. The second-order valence-electron chi connectivity index (χ2n) is 8.62. The predicted octanol–water partition coefficient (Wildman–Crippen LogP) is 10.8. The van der Waals surface area contributed by atoms with E-state index in [1.807, 2.05) is 13.8 Å². The zero-order valence-corrected chi connectivity index (χ0v) is 21.4. The van der Waals surface area contributed by atoms with Gasteiger partial charge in [0, 0.05) is 0 Å². The lowest BCUT2D eigenvalue weighted by Gasteiger charge is -2.22. The van der Waals surface area contributed by atoms with Gasteiger partial charge in [0.25, 0.3) is 0 Å². The summed E-state index contributed by atoms with van der Waals surface area (Å²) in [7, 11) is 0. The van der Waals surface area contributed by atoms with E-state index in [0.717, 1.165) is 12.8 Å². The summed E-state index contributed by atoms with van der Waals surface area (Å²) in [6, 6.07) is 0. The van der Waals surface area contributed by atoms with Crippen molar-refractivity contribution in [2.45, 2.75) is 125 Å². The molecule has 2 unspecified atom stereocenters. The molecule has 0 nitrogen and oxygen atoms in total. The fourth-order valence-corrected chi connectivity index (χ4v) is 3.79. The fraction of sp³-hybridized carbons (Fsp3) is 0.700. The van der Waals surface area contributed by atoms with Crippen LogP contribution in [0.1, 0.15) is 125 Å². The van der Waals surface area contributed by atoms with Gasteiger partial charge in [-0.2, -0.15) is 0 Å². The van der Waals surface area contributed by atoms with Crippen LogP contribution in [0.4, 0.5) is 0 Å². The van der Waals surface area contributed by atoms with Gasteiger partial charge in [-0.1, -0.05) is 103 Å². The number of hydrogen-bond donors (Lipinski definition) is 0. The summed E-state index contributed by atoms with van der Waals surface area (Å²) >= 11 is 0. The normalized spacial score (nSPS) is 12.6. The third-order valence-corrected chi connectivity index (χ3v) is 5.69. The maximum absolute atomic E-state index is 4.13. The van der Waals surface area contributed by atoms with Gasteiger partial charge < -0.3 is 0 Å². The van der Waals surface area contributed by atoms with Crippen LogP contribution >= 0.6 is 0 Å². The van der Waals surface area contributed by atoms with E-state index in [9.17, 15) is 0 Å². The van der Waals surface area contributed by atoms with E-state index in [1.54, 1.807) is 0 Å². The molecule has 0 fully saturated rings. The molecular formula is C30H54. The lowest BCUT2D eigenvalue weighted by molar-refractivity contribution is 0.418. The van der Waals surface area contributed by atoms with Gasteiger partial charge in [-0.25, -0.2) is 0 Å². The summed E-state index contributed by atoms with van der Waals surface area (Å²) in [6.07, 6.45) is 25.3. The molecule has 0 saturated carbocycles. The minimum Gasteiger partial charge on any atom is -0.130 e. The number of unbranched alkanes of at least 4 members (excludes halogenated alkanes) is 9. The Hall–Kier alpha value is -1.26. The first-order chi connectivity index (χ1) is 14.5. The highest BCUT2D eigenvalue weighted by Gasteiger charge is 2.15. The Morgan fingerprint density at radius 1 is 0.867 bits per heavy atom. The van der Waals surface area contributed by atoms with Crippen LogP contribution in [-0.2, 0) is 0 Å². The van der Waals surface area contributed by atoms with Crippen molar-refractivity contribution in [1.29, 1.82) is 0 Å². The molecule has 30 heavy (non-hydrogen) atoms. The predicted molar refractivity (Wildman–Crippen MR) is 141 cm³/mol. The molecule has 0 bridgehead atoms. The highest BCUT2D eigenvalue weighted by Crippen LogP contribution is 2.27. The molecule has 0 radical (unpaired) electrons. The minimum absolute atomic E-state index is 0.540. The number of rotatable bonds is 19. The van der Waals surface area contributed by atoms with Crippen LogP contribution in [0.3, 0.4) is 0 Å². The molecule has 0 saturated heterocycles. The van der Waals surface area contributed by atoms with Crippen molar-refractivity contribution in [3.63, 3.8) is 0 Å². The van der Waals surface area contributed by atoms with Gasteiger partial charge in [0.05, 0.1) is 0 Å². The molecule has 0 spiro atoms. The molecule has 0 aromatic heterocycles. The van der Waals surface area contributed by atoms with Crippen molar-refractivity contribution in [1.82, 2.24) is 0 Å². The Bertz CT molecular complexity index is 472. The van der Waals surface area contributed by atoms with E-state index in [0.29, 0.717) is 11.8 Å². The zero-order chi connectivity index (χ0) is 23.0. The van der Waals surface area contributed by atoms with Gasteiger partial charge in [-0.15, -0.1) is 18.9 Å². The Balaban J connectivity index is 0. The Labute approximate surface area is 191 Å². The molecule has 0 amide bonds. The molecule has 0 aliphatic heterocycles. The average Bonchev–Trinajstić information content (AvgIpc) is 2.75. The average molecular weight is 415 g/mol. The van der Waals surface area contributed by atoms with E-state index in [4.69, 9.17) is 0 Å². The molecule has 174 valence electrons. The van der Waals surface area contributed by atoms with E-state index in [1.165, 1.54) is 88.2 Å². The van der Waals surface area contributed by atoms with E-state index >= 15 is 0 Å². The smallest absolute Gasteiger partial charge is 0.0136 e. The summed E-state index contributed by atoms with van der Waals surface area (Å²) in [5.41, 5.74) is 5.56. The zero-order valence-electron chi connectivity index (χ0n) is 21.4. The van der Waals surface area contributed by atoms with Crippen molar-refractivity contribution in [2.75, 3.05) is 0 Å². The highest BCUT2D eigenvalue weighted by molar-refractivity contribution is 5.03. The van der Waals surface area contributed by atoms with Gasteiger partial charge in [-0.05, 0) is 69.8 Å². The molecule has 0 heterocycles.